The Labute approximate surface area is 164 Å². The van der Waals surface area contributed by atoms with Crippen molar-refractivity contribution in [3.63, 3.8) is 0 Å². The molecule has 0 aromatic carbocycles. The number of aromatic nitrogens is 4. The summed E-state index contributed by atoms with van der Waals surface area (Å²) in [6.07, 6.45) is 1.53. The van der Waals surface area contributed by atoms with E-state index in [1.54, 1.807) is 18.5 Å². The fourth-order valence-electron chi connectivity index (χ4n) is 3.30. The molecule has 0 spiro atoms. The van der Waals surface area contributed by atoms with E-state index >= 15 is 0 Å². The summed E-state index contributed by atoms with van der Waals surface area (Å²) < 4.78 is 47.9. The van der Waals surface area contributed by atoms with E-state index in [4.69, 9.17) is 4.74 Å². The first-order valence-electron chi connectivity index (χ1n) is 9.35. The third kappa shape index (κ3) is 3.37. The van der Waals surface area contributed by atoms with Gasteiger partial charge in [-0.3, -0.25) is 0 Å². The fraction of sp³-hybridized carbons (Fsp3) is 0.421. The van der Waals surface area contributed by atoms with Gasteiger partial charge >= 0.3 is 6.18 Å². The Morgan fingerprint density at radius 3 is 2.69 bits per heavy atom. The number of ether oxygens (including phenoxy) is 1. The van der Waals surface area contributed by atoms with Gasteiger partial charge in [-0.2, -0.15) is 18.2 Å². The molecule has 0 atom stereocenters. The van der Waals surface area contributed by atoms with Crippen LogP contribution < -0.4 is 10.6 Å². The van der Waals surface area contributed by atoms with Crippen LogP contribution in [0.2, 0.25) is 0 Å². The number of anilines is 3. The Kier molecular flexibility index (Phi) is 3.95. The Balaban J connectivity index is 1.56. The summed E-state index contributed by atoms with van der Waals surface area (Å²) in [6.45, 7) is 3.09. The molecule has 7 nitrogen and oxygen atoms in total. The molecule has 4 heterocycles. The van der Waals surface area contributed by atoms with E-state index < -0.39 is 11.7 Å². The molecule has 1 aliphatic carbocycles. The molecular weight excluding hydrogens is 385 g/mol. The Morgan fingerprint density at radius 2 is 2.03 bits per heavy atom. The van der Waals surface area contributed by atoms with Crippen LogP contribution >= 0.6 is 0 Å². The van der Waals surface area contributed by atoms with Crippen LogP contribution in [0, 0.1) is 0 Å². The highest BCUT2D eigenvalue weighted by atomic mass is 19.4. The summed E-state index contributed by atoms with van der Waals surface area (Å²) in [5, 5.41) is 6.71. The van der Waals surface area contributed by atoms with Crippen molar-refractivity contribution in [2.45, 2.75) is 37.5 Å². The Bertz CT molecular complexity index is 1070. The second-order valence-corrected chi connectivity index (χ2v) is 7.78. The van der Waals surface area contributed by atoms with E-state index in [1.165, 1.54) is 0 Å². The molecule has 1 aliphatic heterocycles. The first kappa shape index (κ1) is 18.2. The van der Waals surface area contributed by atoms with Gasteiger partial charge < -0.3 is 19.9 Å². The summed E-state index contributed by atoms with van der Waals surface area (Å²) >= 11 is 0. The average molecular weight is 404 g/mol. The number of hydrogen-bond donors (Lipinski definition) is 2. The molecule has 3 aromatic heterocycles. The van der Waals surface area contributed by atoms with Crippen molar-refractivity contribution in [2.24, 2.45) is 0 Å². The molecule has 5 rings (SSSR count). The fourth-order valence-corrected chi connectivity index (χ4v) is 3.30. The number of nitrogens with zero attached hydrogens (tertiary/aromatic N) is 4. The smallest absolute Gasteiger partial charge is 0.377 e. The minimum absolute atomic E-state index is 0.113. The lowest BCUT2D eigenvalue weighted by Crippen LogP contribution is -2.30. The highest BCUT2D eigenvalue weighted by Crippen LogP contribution is 2.40. The number of fused-ring (bicyclic) bond motifs is 1. The van der Waals surface area contributed by atoms with Crippen LogP contribution in [0.4, 0.5) is 30.6 Å². The van der Waals surface area contributed by atoms with Crippen molar-refractivity contribution < 1.29 is 17.9 Å². The van der Waals surface area contributed by atoms with Gasteiger partial charge in [0.2, 0.25) is 5.95 Å². The first-order chi connectivity index (χ1) is 13.8. The van der Waals surface area contributed by atoms with Gasteiger partial charge in [0.1, 0.15) is 17.0 Å². The van der Waals surface area contributed by atoms with Crippen molar-refractivity contribution in [2.75, 3.05) is 23.8 Å². The highest BCUT2D eigenvalue weighted by Gasteiger charge is 2.39. The van der Waals surface area contributed by atoms with Gasteiger partial charge in [-0.25, -0.2) is 9.97 Å². The summed E-state index contributed by atoms with van der Waals surface area (Å²) in [5.74, 6) is -0.109. The first-order valence-corrected chi connectivity index (χ1v) is 9.35. The zero-order valence-electron chi connectivity index (χ0n) is 15.6. The van der Waals surface area contributed by atoms with Crippen molar-refractivity contribution in [1.82, 2.24) is 19.5 Å². The van der Waals surface area contributed by atoms with Gasteiger partial charge in [-0.15, -0.1) is 0 Å². The standard InChI is InChI=1S/C19H19F3N6O/c1-18(4-5-18)27-17-24-7-13(19(20,21)22)15(26-17)25-14-8-28(11-9-29-10-11)16-12(14)3-2-6-23-16/h2-3,6-8,11H,4-5,9-10H2,1H3,(H2,24,25,26,27). The predicted molar refractivity (Wildman–Crippen MR) is 101 cm³/mol. The van der Waals surface area contributed by atoms with Crippen LogP contribution in [0.3, 0.4) is 0 Å². The van der Waals surface area contributed by atoms with Crippen molar-refractivity contribution in [1.29, 1.82) is 0 Å². The van der Waals surface area contributed by atoms with Crippen LogP contribution in [0.15, 0.2) is 30.7 Å². The maximum absolute atomic E-state index is 13.6. The number of rotatable bonds is 5. The Morgan fingerprint density at radius 1 is 1.24 bits per heavy atom. The lowest BCUT2D eigenvalue weighted by atomic mass is 10.2. The number of halogens is 3. The quantitative estimate of drug-likeness (QED) is 0.666. The van der Waals surface area contributed by atoms with E-state index in [-0.39, 0.29) is 23.3 Å². The maximum atomic E-state index is 13.6. The molecule has 0 radical (unpaired) electrons. The number of alkyl halides is 3. The second-order valence-electron chi connectivity index (χ2n) is 7.78. The SMILES string of the molecule is CC1(Nc2ncc(C(F)(F)F)c(Nc3cn(C4COC4)c4ncccc34)n2)CC1. The van der Waals surface area contributed by atoms with E-state index in [0.717, 1.165) is 24.4 Å². The van der Waals surface area contributed by atoms with Gasteiger partial charge in [0.25, 0.3) is 0 Å². The van der Waals surface area contributed by atoms with Gasteiger partial charge in [0.15, 0.2) is 0 Å². The second kappa shape index (κ2) is 6.31. The van der Waals surface area contributed by atoms with Crippen molar-refractivity contribution in [3.8, 4) is 0 Å². The normalized spacial score (nSPS) is 18.5. The monoisotopic (exact) mass is 404 g/mol. The summed E-state index contributed by atoms with van der Waals surface area (Å²) in [4.78, 5) is 12.4. The van der Waals surface area contributed by atoms with E-state index in [2.05, 4.69) is 25.6 Å². The third-order valence-electron chi connectivity index (χ3n) is 5.36. The molecule has 29 heavy (non-hydrogen) atoms. The molecule has 10 heteroatoms. The molecule has 0 bridgehead atoms. The maximum Gasteiger partial charge on any atom is 0.421 e. The minimum atomic E-state index is -4.58. The zero-order chi connectivity index (χ0) is 20.2. The average Bonchev–Trinajstić information content (AvgIpc) is 3.24. The van der Waals surface area contributed by atoms with E-state index in [0.29, 0.717) is 24.5 Å². The van der Waals surface area contributed by atoms with Gasteiger partial charge in [0.05, 0.1) is 24.9 Å². The van der Waals surface area contributed by atoms with Crippen LogP contribution in [-0.4, -0.2) is 38.3 Å². The molecule has 2 aliphatic rings. The van der Waals surface area contributed by atoms with E-state index in [9.17, 15) is 13.2 Å². The summed E-state index contributed by atoms with van der Waals surface area (Å²) in [6, 6.07) is 3.68. The largest absolute Gasteiger partial charge is 0.421 e. The van der Waals surface area contributed by atoms with Gasteiger partial charge in [0, 0.05) is 29.5 Å². The molecule has 3 aromatic rings. The molecule has 0 unspecified atom stereocenters. The van der Waals surface area contributed by atoms with Gasteiger partial charge in [-0.1, -0.05) is 0 Å². The predicted octanol–water partition coefficient (Wildman–Crippen LogP) is 4.12. The van der Waals surface area contributed by atoms with Crippen LogP contribution in [0.1, 0.15) is 31.4 Å². The van der Waals surface area contributed by atoms with Crippen LogP contribution in [0.5, 0.6) is 0 Å². The van der Waals surface area contributed by atoms with Crippen molar-refractivity contribution in [3.05, 3.63) is 36.3 Å². The van der Waals surface area contributed by atoms with E-state index in [1.807, 2.05) is 17.6 Å². The number of hydrogen-bond acceptors (Lipinski definition) is 6. The number of nitrogens with one attached hydrogen (secondary N) is 2. The lowest BCUT2D eigenvalue weighted by Gasteiger charge is -2.27. The molecule has 152 valence electrons. The topological polar surface area (TPSA) is 76.9 Å². The molecule has 2 fully saturated rings. The molecule has 1 saturated heterocycles. The van der Waals surface area contributed by atoms with Crippen LogP contribution in [-0.2, 0) is 10.9 Å². The molecular formula is C19H19F3N6O. The van der Waals surface area contributed by atoms with Crippen molar-refractivity contribution >= 4 is 28.5 Å². The van der Waals surface area contributed by atoms with Gasteiger partial charge in [-0.05, 0) is 31.9 Å². The summed E-state index contributed by atoms with van der Waals surface area (Å²) in [5.41, 5.74) is 0.129. The van der Waals surface area contributed by atoms with Crippen LogP contribution in [0.25, 0.3) is 11.0 Å². The molecule has 2 N–H and O–H groups in total. The number of pyridine rings is 1. The molecule has 1 saturated carbocycles. The summed E-state index contributed by atoms with van der Waals surface area (Å²) in [7, 11) is 0. The minimum Gasteiger partial charge on any atom is -0.377 e. The third-order valence-corrected chi connectivity index (χ3v) is 5.36. The Hall–Kier alpha value is -2.88. The lowest BCUT2D eigenvalue weighted by molar-refractivity contribution is -0.137. The highest BCUT2D eigenvalue weighted by molar-refractivity contribution is 5.92. The zero-order valence-corrected chi connectivity index (χ0v) is 15.6. The molecule has 0 amide bonds.